The van der Waals surface area contributed by atoms with Crippen molar-refractivity contribution in [2.24, 2.45) is 0 Å². The van der Waals surface area contributed by atoms with E-state index in [9.17, 15) is 0 Å². The fraction of sp³-hybridized carbons (Fsp3) is 0.200. The number of hydrogen-bond donors (Lipinski definition) is 1. The van der Waals surface area contributed by atoms with Gasteiger partial charge in [-0.2, -0.15) is 0 Å². The van der Waals surface area contributed by atoms with Gasteiger partial charge in [0.15, 0.2) is 11.5 Å². The Morgan fingerprint density at radius 1 is 1.05 bits per heavy atom. The third-order valence-electron chi connectivity index (χ3n) is 2.76. The lowest BCUT2D eigenvalue weighted by atomic mass is 10.2. The SMILES string of the molecule is COc1cc(CNc2ccccc2)cc(I)c1OC. The van der Waals surface area contributed by atoms with E-state index < -0.39 is 0 Å². The van der Waals surface area contributed by atoms with Crippen LogP contribution in [0, 0.1) is 3.57 Å². The number of anilines is 1. The third kappa shape index (κ3) is 3.53. The molecule has 0 aliphatic heterocycles. The van der Waals surface area contributed by atoms with Crippen molar-refractivity contribution in [2.45, 2.75) is 6.54 Å². The summed E-state index contributed by atoms with van der Waals surface area (Å²) in [6.07, 6.45) is 0. The molecule has 0 atom stereocenters. The number of benzene rings is 2. The lowest BCUT2D eigenvalue weighted by Crippen LogP contribution is -2.01. The van der Waals surface area contributed by atoms with Crippen molar-refractivity contribution < 1.29 is 9.47 Å². The maximum Gasteiger partial charge on any atom is 0.174 e. The van der Waals surface area contributed by atoms with Crippen LogP contribution in [0.1, 0.15) is 5.56 Å². The molecule has 19 heavy (non-hydrogen) atoms. The Morgan fingerprint density at radius 2 is 1.79 bits per heavy atom. The zero-order valence-corrected chi connectivity index (χ0v) is 13.1. The third-order valence-corrected chi connectivity index (χ3v) is 3.57. The fourth-order valence-corrected chi connectivity index (χ4v) is 2.72. The number of rotatable bonds is 5. The highest BCUT2D eigenvalue weighted by Gasteiger charge is 2.10. The van der Waals surface area contributed by atoms with Crippen LogP contribution in [-0.2, 0) is 6.54 Å². The molecule has 0 radical (unpaired) electrons. The fourth-order valence-electron chi connectivity index (χ4n) is 1.83. The van der Waals surface area contributed by atoms with Gasteiger partial charge >= 0.3 is 0 Å². The minimum atomic E-state index is 0.750. The van der Waals surface area contributed by atoms with E-state index in [-0.39, 0.29) is 0 Å². The molecule has 0 amide bonds. The van der Waals surface area contributed by atoms with Gasteiger partial charge in [0.1, 0.15) is 0 Å². The lowest BCUT2D eigenvalue weighted by Gasteiger charge is -2.13. The van der Waals surface area contributed by atoms with Crippen LogP contribution in [0.2, 0.25) is 0 Å². The first-order valence-corrected chi connectivity index (χ1v) is 7.01. The summed E-state index contributed by atoms with van der Waals surface area (Å²) in [6, 6.07) is 14.2. The molecule has 100 valence electrons. The Kier molecular flexibility index (Phi) is 4.90. The van der Waals surface area contributed by atoms with Gasteiger partial charge in [-0.3, -0.25) is 0 Å². The maximum absolute atomic E-state index is 5.35. The van der Waals surface area contributed by atoms with Crippen molar-refractivity contribution in [3.63, 3.8) is 0 Å². The number of halogens is 1. The highest BCUT2D eigenvalue weighted by atomic mass is 127. The summed E-state index contributed by atoms with van der Waals surface area (Å²) in [5, 5.41) is 3.38. The van der Waals surface area contributed by atoms with Crippen LogP contribution in [0.5, 0.6) is 11.5 Å². The Morgan fingerprint density at radius 3 is 2.42 bits per heavy atom. The van der Waals surface area contributed by atoms with E-state index in [0.717, 1.165) is 32.9 Å². The molecule has 3 nitrogen and oxygen atoms in total. The van der Waals surface area contributed by atoms with Crippen LogP contribution in [-0.4, -0.2) is 14.2 Å². The molecule has 0 aliphatic carbocycles. The number of hydrogen-bond acceptors (Lipinski definition) is 3. The molecule has 0 saturated carbocycles. The summed E-state index contributed by atoms with van der Waals surface area (Å²) in [4.78, 5) is 0. The zero-order chi connectivity index (χ0) is 13.7. The van der Waals surface area contributed by atoms with Crippen LogP contribution < -0.4 is 14.8 Å². The first-order chi connectivity index (χ1) is 9.24. The van der Waals surface area contributed by atoms with Gasteiger partial charge in [0, 0.05) is 12.2 Å². The highest BCUT2D eigenvalue weighted by Crippen LogP contribution is 2.33. The summed E-state index contributed by atoms with van der Waals surface area (Å²) >= 11 is 2.26. The quantitative estimate of drug-likeness (QED) is 0.811. The molecule has 0 unspecified atom stereocenters. The van der Waals surface area contributed by atoms with E-state index in [4.69, 9.17) is 9.47 Å². The molecule has 0 aromatic heterocycles. The summed E-state index contributed by atoms with van der Waals surface area (Å²) in [5.74, 6) is 1.55. The summed E-state index contributed by atoms with van der Waals surface area (Å²) < 4.78 is 11.7. The molecule has 0 heterocycles. The molecule has 0 aliphatic rings. The topological polar surface area (TPSA) is 30.5 Å². The van der Waals surface area contributed by atoms with Crippen LogP contribution in [0.25, 0.3) is 0 Å². The van der Waals surface area contributed by atoms with E-state index >= 15 is 0 Å². The van der Waals surface area contributed by atoms with Crippen molar-refractivity contribution >= 4 is 28.3 Å². The average molecular weight is 369 g/mol. The number of nitrogens with one attached hydrogen (secondary N) is 1. The van der Waals surface area contributed by atoms with Crippen molar-refractivity contribution in [3.8, 4) is 11.5 Å². The first kappa shape index (κ1) is 14.0. The summed E-state index contributed by atoms with van der Waals surface area (Å²) in [7, 11) is 3.31. The van der Waals surface area contributed by atoms with Crippen LogP contribution in [0.3, 0.4) is 0 Å². The van der Waals surface area contributed by atoms with Crippen molar-refractivity contribution in [1.29, 1.82) is 0 Å². The Labute approximate surface area is 127 Å². The Balaban J connectivity index is 2.15. The van der Waals surface area contributed by atoms with Gasteiger partial charge in [0.05, 0.1) is 17.8 Å². The lowest BCUT2D eigenvalue weighted by molar-refractivity contribution is 0.352. The molecule has 4 heteroatoms. The van der Waals surface area contributed by atoms with Gasteiger partial charge in [-0.1, -0.05) is 18.2 Å². The number of methoxy groups -OCH3 is 2. The molecular formula is C15H16INO2. The van der Waals surface area contributed by atoms with Gasteiger partial charge in [-0.25, -0.2) is 0 Å². The Bertz CT molecular complexity index is 543. The monoisotopic (exact) mass is 369 g/mol. The molecular weight excluding hydrogens is 353 g/mol. The largest absolute Gasteiger partial charge is 0.493 e. The number of ether oxygens (including phenoxy) is 2. The minimum absolute atomic E-state index is 0.750. The number of para-hydroxylation sites is 1. The summed E-state index contributed by atoms with van der Waals surface area (Å²) in [6.45, 7) is 0.750. The van der Waals surface area contributed by atoms with Crippen molar-refractivity contribution in [1.82, 2.24) is 0 Å². The first-order valence-electron chi connectivity index (χ1n) is 5.94. The second-order valence-electron chi connectivity index (χ2n) is 4.03. The molecule has 1 N–H and O–H groups in total. The van der Waals surface area contributed by atoms with Gasteiger partial charge in [-0.15, -0.1) is 0 Å². The van der Waals surface area contributed by atoms with E-state index in [1.165, 1.54) is 0 Å². The standard InChI is InChI=1S/C15H16INO2/c1-18-14-9-11(8-13(16)15(14)19-2)10-17-12-6-4-3-5-7-12/h3-9,17H,10H2,1-2H3. The van der Waals surface area contributed by atoms with Crippen LogP contribution in [0.4, 0.5) is 5.69 Å². The molecule has 2 aromatic rings. The molecule has 0 bridgehead atoms. The van der Waals surface area contributed by atoms with Gasteiger partial charge in [0.25, 0.3) is 0 Å². The molecule has 0 fully saturated rings. The second-order valence-corrected chi connectivity index (χ2v) is 5.19. The van der Waals surface area contributed by atoms with E-state index in [2.05, 4.69) is 34.0 Å². The van der Waals surface area contributed by atoms with Crippen molar-refractivity contribution in [2.75, 3.05) is 19.5 Å². The van der Waals surface area contributed by atoms with Crippen LogP contribution >= 0.6 is 22.6 Å². The van der Waals surface area contributed by atoms with E-state index in [1.807, 2.05) is 36.4 Å². The van der Waals surface area contributed by atoms with Crippen molar-refractivity contribution in [3.05, 3.63) is 51.6 Å². The highest BCUT2D eigenvalue weighted by molar-refractivity contribution is 14.1. The van der Waals surface area contributed by atoms with E-state index in [0.29, 0.717) is 0 Å². The van der Waals surface area contributed by atoms with Gasteiger partial charge in [0.2, 0.25) is 0 Å². The minimum Gasteiger partial charge on any atom is -0.493 e. The smallest absolute Gasteiger partial charge is 0.174 e. The molecule has 0 spiro atoms. The average Bonchev–Trinajstić information content (AvgIpc) is 2.45. The molecule has 0 saturated heterocycles. The van der Waals surface area contributed by atoms with Crippen LogP contribution in [0.15, 0.2) is 42.5 Å². The predicted molar refractivity (Wildman–Crippen MR) is 86.0 cm³/mol. The maximum atomic E-state index is 5.35. The van der Waals surface area contributed by atoms with E-state index in [1.54, 1.807) is 14.2 Å². The molecule has 2 aromatic carbocycles. The second kappa shape index (κ2) is 6.65. The summed E-state index contributed by atoms with van der Waals surface area (Å²) in [5.41, 5.74) is 2.26. The van der Waals surface area contributed by atoms with Gasteiger partial charge in [-0.05, 0) is 52.4 Å². The predicted octanol–water partition coefficient (Wildman–Crippen LogP) is 3.92. The molecule has 2 rings (SSSR count). The van der Waals surface area contributed by atoms with Gasteiger partial charge < -0.3 is 14.8 Å². The normalized spacial score (nSPS) is 10.1. The zero-order valence-electron chi connectivity index (χ0n) is 10.9. The Hall–Kier alpha value is -1.43.